The summed E-state index contributed by atoms with van der Waals surface area (Å²) in [5, 5.41) is 3.84. The minimum Gasteiger partial charge on any atom is -0.367 e. The van der Waals surface area contributed by atoms with Crippen LogP contribution in [0, 0.1) is 13.8 Å². The number of rotatable bonds is 2. The van der Waals surface area contributed by atoms with Crippen molar-refractivity contribution in [3.63, 3.8) is 0 Å². The molecule has 0 radical (unpaired) electrons. The molecule has 88 valence electrons. The van der Waals surface area contributed by atoms with Gasteiger partial charge in [0, 0.05) is 23.2 Å². The first-order valence-electron chi connectivity index (χ1n) is 5.86. The number of alkyl halides is 1. The van der Waals surface area contributed by atoms with E-state index in [0.717, 1.165) is 43.0 Å². The number of aromatic nitrogens is 2. The first kappa shape index (κ1) is 11.6. The van der Waals surface area contributed by atoms with E-state index in [0.29, 0.717) is 11.4 Å². The van der Waals surface area contributed by atoms with Crippen molar-refractivity contribution in [1.82, 2.24) is 9.97 Å². The first-order valence-corrected chi connectivity index (χ1v) is 6.30. The number of aryl methyl sites for hydroxylation is 2. The number of anilines is 1. The summed E-state index contributed by atoms with van der Waals surface area (Å²) in [7, 11) is 0. The minimum absolute atomic E-state index is 0.368. The van der Waals surface area contributed by atoms with Crippen LogP contribution >= 0.6 is 11.6 Å². The van der Waals surface area contributed by atoms with Crippen LogP contribution in [0.2, 0.25) is 0 Å². The standard InChI is InChI=1S/C12H18ClN3/c1-8-7-12(15-9(2)14-8)16-11-5-3-10(13)4-6-11/h7,10-11H,3-6H2,1-2H3,(H,14,15,16). The third-order valence-electron chi connectivity index (χ3n) is 2.97. The van der Waals surface area contributed by atoms with Crippen LogP contribution in [0.25, 0.3) is 0 Å². The second-order valence-electron chi connectivity index (χ2n) is 4.54. The summed E-state index contributed by atoms with van der Waals surface area (Å²) in [5.74, 6) is 1.77. The van der Waals surface area contributed by atoms with Crippen molar-refractivity contribution in [2.45, 2.75) is 50.9 Å². The van der Waals surface area contributed by atoms with Crippen molar-refractivity contribution in [3.8, 4) is 0 Å². The van der Waals surface area contributed by atoms with Gasteiger partial charge in [-0.1, -0.05) is 0 Å². The van der Waals surface area contributed by atoms with Crippen LogP contribution in [0.5, 0.6) is 0 Å². The fraction of sp³-hybridized carbons (Fsp3) is 0.667. The molecule has 0 aromatic carbocycles. The summed E-state index contributed by atoms with van der Waals surface area (Å²) >= 11 is 6.08. The Kier molecular flexibility index (Phi) is 3.64. The summed E-state index contributed by atoms with van der Waals surface area (Å²) in [6, 6.07) is 2.52. The lowest BCUT2D eigenvalue weighted by molar-refractivity contribution is 0.467. The molecule has 0 aliphatic heterocycles. The molecule has 0 unspecified atom stereocenters. The summed E-state index contributed by atoms with van der Waals surface area (Å²) in [6.07, 6.45) is 4.47. The van der Waals surface area contributed by atoms with Gasteiger partial charge in [0.05, 0.1) is 0 Å². The van der Waals surface area contributed by atoms with Crippen molar-refractivity contribution >= 4 is 17.4 Å². The number of nitrogens with zero attached hydrogens (tertiary/aromatic N) is 2. The Labute approximate surface area is 102 Å². The quantitative estimate of drug-likeness (QED) is 0.807. The average Bonchev–Trinajstić information content (AvgIpc) is 2.20. The predicted octanol–water partition coefficient (Wildman–Crippen LogP) is 3.06. The topological polar surface area (TPSA) is 37.8 Å². The molecule has 0 bridgehead atoms. The molecule has 16 heavy (non-hydrogen) atoms. The first-order chi connectivity index (χ1) is 7.63. The number of nitrogens with one attached hydrogen (secondary N) is 1. The Balaban J connectivity index is 1.98. The molecule has 2 rings (SSSR count). The van der Waals surface area contributed by atoms with E-state index in [-0.39, 0.29) is 0 Å². The molecule has 0 spiro atoms. The third kappa shape index (κ3) is 3.08. The predicted molar refractivity (Wildman–Crippen MR) is 67.0 cm³/mol. The molecule has 4 heteroatoms. The minimum atomic E-state index is 0.368. The maximum Gasteiger partial charge on any atom is 0.130 e. The third-order valence-corrected chi connectivity index (χ3v) is 3.41. The fourth-order valence-electron chi connectivity index (χ4n) is 2.20. The number of hydrogen-bond acceptors (Lipinski definition) is 3. The van der Waals surface area contributed by atoms with Gasteiger partial charge in [0.25, 0.3) is 0 Å². The van der Waals surface area contributed by atoms with E-state index in [1.165, 1.54) is 0 Å². The number of hydrogen-bond donors (Lipinski definition) is 1. The molecule has 0 saturated heterocycles. The highest BCUT2D eigenvalue weighted by Gasteiger charge is 2.19. The van der Waals surface area contributed by atoms with Gasteiger partial charge in [-0.3, -0.25) is 0 Å². The molecule has 1 aliphatic rings. The second kappa shape index (κ2) is 5.00. The van der Waals surface area contributed by atoms with Crippen LogP contribution in [0.1, 0.15) is 37.2 Å². The summed E-state index contributed by atoms with van der Waals surface area (Å²) in [4.78, 5) is 8.66. The van der Waals surface area contributed by atoms with Crippen molar-refractivity contribution in [3.05, 3.63) is 17.6 Å². The Hall–Kier alpha value is -0.830. The molecular formula is C12H18ClN3. The molecule has 1 aromatic rings. The highest BCUT2D eigenvalue weighted by molar-refractivity contribution is 6.20. The lowest BCUT2D eigenvalue weighted by atomic mass is 9.95. The van der Waals surface area contributed by atoms with Gasteiger partial charge >= 0.3 is 0 Å². The molecule has 1 aromatic heterocycles. The molecule has 1 heterocycles. The molecule has 1 N–H and O–H groups in total. The van der Waals surface area contributed by atoms with E-state index in [4.69, 9.17) is 11.6 Å². The van der Waals surface area contributed by atoms with E-state index in [2.05, 4.69) is 15.3 Å². The monoisotopic (exact) mass is 239 g/mol. The lowest BCUT2D eigenvalue weighted by Crippen LogP contribution is -2.26. The van der Waals surface area contributed by atoms with E-state index < -0.39 is 0 Å². The van der Waals surface area contributed by atoms with Gasteiger partial charge in [-0.05, 0) is 39.5 Å². The van der Waals surface area contributed by atoms with E-state index in [1.807, 2.05) is 19.9 Å². The Morgan fingerprint density at radius 2 is 1.88 bits per heavy atom. The molecule has 1 fully saturated rings. The zero-order chi connectivity index (χ0) is 11.5. The summed E-state index contributed by atoms with van der Waals surface area (Å²) in [5.41, 5.74) is 1.01. The smallest absolute Gasteiger partial charge is 0.130 e. The lowest BCUT2D eigenvalue weighted by Gasteiger charge is -2.26. The van der Waals surface area contributed by atoms with Gasteiger partial charge in [-0.2, -0.15) is 0 Å². The normalized spacial score (nSPS) is 25.4. The largest absolute Gasteiger partial charge is 0.367 e. The number of halogens is 1. The van der Waals surface area contributed by atoms with Crippen LogP contribution in [-0.2, 0) is 0 Å². The fourth-order valence-corrected chi connectivity index (χ4v) is 2.45. The second-order valence-corrected chi connectivity index (χ2v) is 5.15. The van der Waals surface area contributed by atoms with Crippen molar-refractivity contribution in [1.29, 1.82) is 0 Å². The van der Waals surface area contributed by atoms with Gasteiger partial charge in [-0.15, -0.1) is 11.6 Å². The van der Waals surface area contributed by atoms with Crippen LogP contribution in [0.15, 0.2) is 6.07 Å². The van der Waals surface area contributed by atoms with Gasteiger partial charge < -0.3 is 5.32 Å². The molecule has 0 amide bonds. The molecule has 1 saturated carbocycles. The highest BCUT2D eigenvalue weighted by Crippen LogP contribution is 2.24. The maximum atomic E-state index is 6.08. The van der Waals surface area contributed by atoms with Crippen LogP contribution in [0.4, 0.5) is 5.82 Å². The van der Waals surface area contributed by atoms with E-state index in [1.54, 1.807) is 0 Å². The highest BCUT2D eigenvalue weighted by atomic mass is 35.5. The molecule has 3 nitrogen and oxygen atoms in total. The zero-order valence-electron chi connectivity index (χ0n) is 9.83. The van der Waals surface area contributed by atoms with E-state index >= 15 is 0 Å². The molecule has 1 aliphatic carbocycles. The maximum absolute atomic E-state index is 6.08. The van der Waals surface area contributed by atoms with Gasteiger partial charge in [0.1, 0.15) is 11.6 Å². The average molecular weight is 240 g/mol. The summed E-state index contributed by atoms with van der Waals surface area (Å²) < 4.78 is 0. The van der Waals surface area contributed by atoms with Crippen molar-refractivity contribution in [2.24, 2.45) is 0 Å². The van der Waals surface area contributed by atoms with E-state index in [9.17, 15) is 0 Å². The van der Waals surface area contributed by atoms with Crippen molar-refractivity contribution in [2.75, 3.05) is 5.32 Å². The van der Waals surface area contributed by atoms with Crippen LogP contribution < -0.4 is 5.32 Å². The Morgan fingerprint density at radius 1 is 1.19 bits per heavy atom. The molecule has 0 atom stereocenters. The Bertz CT molecular complexity index is 339. The summed E-state index contributed by atoms with van der Waals surface area (Å²) in [6.45, 7) is 3.92. The molecular weight excluding hydrogens is 222 g/mol. The SMILES string of the molecule is Cc1cc(NC2CCC(Cl)CC2)nc(C)n1. The van der Waals surface area contributed by atoms with Gasteiger partial charge in [-0.25, -0.2) is 9.97 Å². The van der Waals surface area contributed by atoms with Crippen LogP contribution in [0.3, 0.4) is 0 Å². The van der Waals surface area contributed by atoms with Crippen LogP contribution in [-0.4, -0.2) is 21.4 Å². The van der Waals surface area contributed by atoms with Gasteiger partial charge in [0.15, 0.2) is 0 Å². The van der Waals surface area contributed by atoms with Gasteiger partial charge in [0.2, 0.25) is 0 Å². The zero-order valence-corrected chi connectivity index (χ0v) is 10.6. The van der Waals surface area contributed by atoms with Crippen molar-refractivity contribution < 1.29 is 0 Å². The Morgan fingerprint density at radius 3 is 2.50 bits per heavy atom.